The molecule has 0 radical (unpaired) electrons. The molecule has 2 heterocycles. The first-order valence-corrected chi connectivity index (χ1v) is 16.0. The Balaban J connectivity index is 1.66. The van der Waals surface area contributed by atoms with Gasteiger partial charge in [0.2, 0.25) is 0 Å². The topological polar surface area (TPSA) is 102 Å². The molecule has 0 fully saturated rings. The molecule has 8 rings (SSSR count). The lowest BCUT2D eigenvalue weighted by molar-refractivity contribution is -0.138. The van der Waals surface area contributed by atoms with Crippen molar-refractivity contribution in [2.45, 2.75) is 26.2 Å². The molecule has 0 saturated carbocycles. The van der Waals surface area contributed by atoms with Crippen molar-refractivity contribution in [3.63, 3.8) is 0 Å². The van der Waals surface area contributed by atoms with Crippen LogP contribution in [0.5, 0.6) is 0 Å². The number of nitriles is 3. The lowest BCUT2D eigenvalue weighted by Gasteiger charge is -2.21. The Kier molecular flexibility index (Phi) is 7.28. The SMILES string of the molecule is [C-]#[N+]/C(C#N)=c1\cc2c(-c3ccc(C)cc3C(F)(F)F)c3ccc4c5oc(=C(C#N)C#N)cc5c(-c5ccc(C(F)(F)F)cc5C)c5ccc(c2o1)c3c54. The average Bonchev–Trinajstić information content (AvgIpc) is 3.76. The molecule has 0 aliphatic carbocycles. The molecule has 12 heteroatoms. The van der Waals surface area contributed by atoms with Crippen LogP contribution in [-0.4, -0.2) is 0 Å². The fourth-order valence-electron chi connectivity index (χ4n) is 7.46. The molecule has 8 aromatic rings. The minimum Gasteiger partial charge on any atom is -0.466 e. The highest BCUT2D eigenvalue weighted by Gasteiger charge is 2.36. The second-order valence-electron chi connectivity index (χ2n) is 12.8. The molecule has 6 aromatic carbocycles. The van der Waals surface area contributed by atoms with Crippen molar-refractivity contribution in [1.82, 2.24) is 0 Å². The summed E-state index contributed by atoms with van der Waals surface area (Å²) in [5.74, 6) is 0. The minimum absolute atomic E-state index is 0.0807. The Labute approximate surface area is 300 Å². The molecule has 0 saturated heterocycles. The standard InChI is InChI=1S/C42H18F6N4O2/c1-19-4-6-24(31(12-19)42(46,47)48)36-26-9-11-27-37-25(8-10-28(38(26)37)40-30(36)15-34(54-40)32(18-51)52-3)35(23-7-5-22(13-20(23)2)41(43,44)45)29-14-33(53-39(27)29)21(16-49)17-50/h4-15H,1-2H3/b34-32+. The summed E-state index contributed by atoms with van der Waals surface area (Å²) in [6.07, 6.45) is -9.41. The molecule has 2 aromatic heterocycles. The van der Waals surface area contributed by atoms with Crippen LogP contribution in [0.4, 0.5) is 26.3 Å². The van der Waals surface area contributed by atoms with Gasteiger partial charge in [-0.25, -0.2) is 10.1 Å². The fourth-order valence-corrected chi connectivity index (χ4v) is 7.46. The molecule has 54 heavy (non-hydrogen) atoms. The Morgan fingerprint density at radius 1 is 0.611 bits per heavy atom. The molecular weight excluding hydrogens is 706 g/mol. The smallest absolute Gasteiger partial charge is 0.417 e. The van der Waals surface area contributed by atoms with E-state index in [2.05, 4.69) is 4.85 Å². The number of nitrogens with zero attached hydrogens (tertiary/aromatic N) is 4. The number of hydrogen-bond donors (Lipinski definition) is 0. The monoisotopic (exact) mass is 724 g/mol. The largest absolute Gasteiger partial charge is 0.466 e. The molecule has 0 amide bonds. The van der Waals surface area contributed by atoms with Crippen molar-refractivity contribution in [3.05, 3.63) is 117 Å². The molecule has 0 N–H and O–H groups in total. The van der Waals surface area contributed by atoms with Gasteiger partial charge in [-0.05, 0) is 83.8 Å². The summed E-state index contributed by atoms with van der Waals surface area (Å²) in [4.78, 5) is 3.25. The molecule has 0 unspecified atom stereocenters. The van der Waals surface area contributed by atoms with Crippen LogP contribution in [0.2, 0.25) is 0 Å². The van der Waals surface area contributed by atoms with Crippen LogP contribution < -0.4 is 10.8 Å². The van der Waals surface area contributed by atoms with Crippen molar-refractivity contribution in [1.29, 1.82) is 15.8 Å². The van der Waals surface area contributed by atoms with Gasteiger partial charge < -0.3 is 8.83 Å². The maximum atomic E-state index is 14.8. The molecule has 6 nitrogen and oxygen atoms in total. The zero-order chi connectivity index (χ0) is 38.4. The zero-order valence-electron chi connectivity index (χ0n) is 27.8. The third kappa shape index (κ3) is 4.85. The van der Waals surface area contributed by atoms with Crippen LogP contribution in [-0.2, 0) is 12.4 Å². The van der Waals surface area contributed by atoms with Crippen LogP contribution >= 0.6 is 0 Å². The molecule has 0 aliphatic heterocycles. The van der Waals surface area contributed by atoms with Gasteiger partial charge in [-0.2, -0.15) is 36.9 Å². The summed E-state index contributed by atoms with van der Waals surface area (Å²) < 4.78 is 98.1. The Morgan fingerprint density at radius 3 is 1.67 bits per heavy atom. The summed E-state index contributed by atoms with van der Waals surface area (Å²) >= 11 is 0. The van der Waals surface area contributed by atoms with Gasteiger partial charge in [-0.3, -0.25) is 0 Å². The van der Waals surface area contributed by atoms with Gasteiger partial charge in [0, 0.05) is 43.4 Å². The van der Waals surface area contributed by atoms with E-state index in [-0.39, 0.29) is 49.6 Å². The first kappa shape index (κ1) is 33.8. The second-order valence-corrected chi connectivity index (χ2v) is 12.8. The predicted octanol–water partition coefficient (Wildman–Crippen LogP) is 10.8. The van der Waals surface area contributed by atoms with E-state index in [1.165, 1.54) is 38.1 Å². The number of fused-ring (bicyclic) bond motifs is 4. The molecule has 0 aliphatic rings. The maximum Gasteiger partial charge on any atom is 0.417 e. The minimum atomic E-state index is -4.79. The highest BCUT2D eigenvalue weighted by molar-refractivity contribution is 6.37. The summed E-state index contributed by atoms with van der Waals surface area (Å²) in [5.41, 5.74) is -1.16. The van der Waals surface area contributed by atoms with Crippen molar-refractivity contribution >= 4 is 65.5 Å². The van der Waals surface area contributed by atoms with E-state index in [1.807, 2.05) is 0 Å². The number of alkyl halides is 6. The number of benzene rings is 6. The number of rotatable bonds is 2. The molecule has 0 bridgehead atoms. The van der Waals surface area contributed by atoms with Gasteiger partial charge in [0.05, 0.1) is 23.8 Å². The van der Waals surface area contributed by atoms with Crippen LogP contribution in [0.1, 0.15) is 22.3 Å². The summed E-state index contributed by atoms with van der Waals surface area (Å²) in [6.45, 7) is 10.6. The third-order valence-corrected chi connectivity index (χ3v) is 9.69. The maximum absolute atomic E-state index is 14.8. The lowest BCUT2D eigenvalue weighted by Crippen LogP contribution is -2.08. The summed E-state index contributed by atoms with van der Waals surface area (Å²) in [7, 11) is 0. The first-order chi connectivity index (χ1) is 25.7. The molecular formula is C42H18F6N4O2. The van der Waals surface area contributed by atoms with Crippen molar-refractivity contribution in [2.75, 3.05) is 0 Å². The average molecular weight is 725 g/mol. The Morgan fingerprint density at radius 2 is 1.15 bits per heavy atom. The van der Waals surface area contributed by atoms with Crippen LogP contribution in [0.15, 0.2) is 81.6 Å². The van der Waals surface area contributed by atoms with Crippen molar-refractivity contribution < 1.29 is 35.2 Å². The molecule has 0 spiro atoms. The van der Waals surface area contributed by atoms with Crippen molar-refractivity contribution in [3.8, 4) is 40.5 Å². The Bertz CT molecular complexity index is 3230. The van der Waals surface area contributed by atoms with E-state index < -0.39 is 29.2 Å². The van der Waals surface area contributed by atoms with E-state index in [4.69, 9.17) is 15.4 Å². The summed E-state index contributed by atoms with van der Waals surface area (Å²) in [6, 6.07) is 22.1. The number of hydrogen-bond acceptors (Lipinski definition) is 5. The second kappa shape index (κ2) is 11.6. The quantitative estimate of drug-likeness (QED) is 0.100. The van der Waals surface area contributed by atoms with Gasteiger partial charge in [-0.15, -0.1) is 0 Å². The van der Waals surface area contributed by atoms with Crippen LogP contribution in [0, 0.1) is 54.4 Å². The van der Waals surface area contributed by atoms with E-state index in [0.29, 0.717) is 54.4 Å². The van der Waals surface area contributed by atoms with Gasteiger partial charge >= 0.3 is 18.0 Å². The van der Waals surface area contributed by atoms with Gasteiger partial charge in [0.15, 0.2) is 11.0 Å². The van der Waals surface area contributed by atoms with Crippen LogP contribution in [0.25, 0.3) is 92.6 Å². The third-order valence-electron chi connectivity index (χ3n) is 9.69. The van der Waals surface area contributed by atoms with Crippen molar-refractivity contribution in [2.24, 2.45) is 0 Å². The normalized spacial score (nSPS) is 12.7. The predicted molar refractivity (Wildman–Crippen MR) is 190 cm³/mol. The number of furan rings is 2. The van der Waals surface area contributed by atoms with Crippen LogP contribution in [0.3, 0.4) is 0 Å². The highest BCUT2D eigenvalue weighted by atomic mass is 19.4. The lowest BCUT2D eigenvalue weighted by atomic mass is 9.83. The van der Waals surface area contributed by atoms with E-state index in [0.717, 1.165) is 18.2 Å². The zero-order valence-corrected chi connectivity index (χ0v) is 27.8. The number of aryl methyl sites for hydroxylation is 2. The van der Waals surface area contributed by atoms with Gasteiger partial charge in [0.25, 0.3) is 0 Å². The molecule has 260 valence electrons. The van der Waals surface area contributed by atoms with E-state index in [9.17, 15) is 42.1 Å². The first-order valence-electron chi connectivity index (χ1n) is 16.0. The molecule has 0 atom stereocenters. The van der Waals surface area contributed by atoms with E-state index in [1.54, 1.807) is 48.5 Å². The van der Waals surface area contributed by atoms with E-state index >= 15 is 0 Å². The van der Waals surface area contributed by atoms with Gasteiger partial charge in [0.1, 0.15) is 28.7 Å². The summed E-state index contributed by atoms with van der Waals surface area (Å²) in [5, 5.41) is 32.3. The van der Waals surface area contributed by atoms with Gasteiger partial charge in [-0.1, -0.05) is 35.9 Å². The number of halogens is 6. The Hall–Kier alpha value is -7.28. The highest BCUT2D eigenvalue weighted by Crippen LogP contribution is 2.51. The fraction of sp³-hybridized carbons (Fsp3) is 0.0952.